The number of hydrogen-bond donors (Lipinski definition) is 2. The Hall–Kier alpha value is -0.850. The second kappa shape index (κ2) is 11.0. The van der Waals surface area contributed by atoms with E-state index in [9.17, 15) is 4.79 Å². The number of rotatable bonds is 4. The van der Waals surface area contributed by atoms with Crippen molar-refractivity contribution in [1.29, 1.82) is 0 Å². The van der Waals surface area contributed by atoms with Gasteiger partial charge in [-0.3, -0.25) is 9.69 Å². The van der Waals surface area contributed by atoms with E-state index in [0.29, 0.717) is 19.2 Å². The van der Waals surface area contributed by atoms with Crippen molar-refractivity contribution in [2.45, 2.75) is 44.9 Å². The van der Waals surface area contributed by atoms with Crippen LogP contribution in [0.15, 0.2) is 24.3 Å². The van der Waals surface area contributed by atoms with Crippen LogP contribution in [-0.2, 0) is 16.1 Å². The van der Waals surface area contributed by atoms with Crippen molar-refractivity contribution < 1.29 is 9.53 Å². The third-order valence-electron chi connectivity index (χ3n) is 4.77. The minimum atomic E-state index is -0.391. The molecule has 2 aliphatic heterocycles. The maximum atomic E-state index is 12.1. The molecule has 5 nitrogen and oxygen atoms in total. The van der Waals surface area contributed by atoms with E-state index in [4.69, 9.17) is 4.74 Å². The Bertz CT molecular complexity index is 522. The third-order valence-corrected chi connectivity index (χ3v) is 4.77. The largest absolute Gasteiger partial charge is 0.366 e. The number of nitrogens with zero attached hydrogens (tertiary/aromatic N) is 1. The summed E-state index contributed by atoms with van der Waals surface area (Å²) in [6.07, 6.45) is 3.55. The highest BCUT2D eigenvalue weighted by Crippen LogP contribution is 2.20. The number of hydrogen-bond acceptors (Lipinski definition) is 4. The van der Waals surface area contributed by atoms with E-state index in [-0.39, 0.29) is 30.7 Å². The molecule has 2 unspecified atom stereocenters. The standard InChI is InChI=1S/C18H27N3O2.2ClH/c1-14-4-2-3-10-21(14)13-15-5-7-16(8-6-15)20-18(22)17-12-19-9-11-23-17;;/h5-8,14,17,19H,2-4,9-13H2,1H3,(H,20,22);2*1H. The van der Waals surface area contributed by atoms with Gasteiger partial charge in [0.1, 0.15) is 6.10 Å². The van der Waals surface area contributed by atoms with E-state index in [1.54, 1.807) is 0 Å². The first-order valence-corrected chi connectivity index (χ1v) is 8.68. The Kier molecular flexibility index (Phi) is 9.75. The predicted octanol–water partition coefficient (Wildman–Crippen LogP) is 2.83. The average molecular weight is 390 g/mol. The fraction of sp³-hybridized carbons (Fsp3) is 0.611. The molecule has 0 aromatic heterocycles. The molecule has 0 aliphatic carbocycles. The Labute approximate surface area is 162 Å². The van der Waals surface area contributed by atoms with E-state index in [1.165, 1.54) is 31.4 Å². The number of morpholine rings is 1. The molecule has 7 heteroatoms. The summed E-state index contributed by atoms with van der Waals surface area (Å²) in [6.45, 7) is 6.47. The average Bonchev–Trinajstić information content (AvgIpc) is 2.59. The molecule has 2 fully saturated rings. The van der Waals surface area contributed by atoms with E-state index in [1.807, 2.05) is 12.1 Å². The van der Waals surface area contributed by atoms with Crippen LogP contribution in [0.4, 0.5) is 5.69 Å². The number of benzene rings is 1. The molecule has 2 heterocycles. The van der Waals surface area contributed by atoms with Gasteiger partial charge in [-0.1, -0.05) is 18.6 Å². The van der Waals surface area contributed by atoms with Gasteiger partial charge < -0.3 is 15.4 Å². The molecule has 2 N–H and O–H groups in total. The molecule has 2 saturated heterocycles. The molecular weight excluding hydrogens is 361 g/mol. The van der Waals surface area contributed by atoms with Gasteiger partial charge >= 0.3 is 0 Å². The van der Waals surface area contributed by atoms with Crippen LogP contribution in [0, 0.1) is 0 Å². The lowest BCUT2D eigenvalue weighted by Gasteiger charge is -2.33. The van der Waals surface area contributed by atoms with E-state index < -0.39 is 6.10 Å². The van der Waals surface area contributed by atoms with Gasteiger partial charge in [-0.05, 0) is 44.0 Å². The van der Waals surface area contributed by atoms with Crippen LogP contribution in [0.1, 0.15) is 31.7 Å². The molecule has 142 valence electrons. The molecule has 1 aromatic carbocycles. The summed E-state index contributed by atoms with van der Waals surface area (Å²) >= 11 is 0. The molecule has 1 aromatic rings. The Balaban J connectivity index is 0.00000156. The summed E-state index contributed by atoms with van der Waals surface area (Å²) in [7, 11) is 0. The zero-order chi connectivity index (χ0) is 16.1. The monoisotopic (exact) mass is 389 g/mol. The van der Waals surface area contributed by atoms with Crippen molar-refractivity contribution in [2.24, 2.45) is 0 Å². The van der Waals surface area contributed by atoms with E-state index in [2.05, 4.69) is 34.6 Å². The first kappa shape index (κ1) is 22.2. The Morgan fingerprint density at radius 2 is 2.04 bits per heavy atom. The van der Waals surface area contributed by atoms with E-state index in [0.717, 1.165) is 18.8 Å². The number of carbonyl (C=O) groups excluding carboxylic acids is 1. The summed E-state index contributed by atoms with van der Waals surface area (Å²) in [5.41, 5.74) is 2.13. The lowest BCUT2D eigenvalue weighted by Crippen LogP contribution is -2.45. The molecular formula is C18H29Cl2N3O2. The van der Waals surface area contributed by atoms with Gasteiger partial charge in [0.15, 0.2) is 0 Å². The summed E-state index contributed by atoms with van der Waals surface area (Å²) < 4.78 is 5.47. The van der Waals surface area contributed by atoms with Crippen LogP contribution >= 0.6 is 24.8 Å². The minimum absolute atomic E-state index is 0. The number of ether oxygens (including phenoxy) is 1. The van der Waals surface area contributed by atoms with Crippen LogP contribution in [0.25, 0.3) is 0 Å². The molecule has 0 spiro atoms. The molecule has 0 radical (unpaired) electrons. The van der Waals surface area contributed by atoms with Crippen molar-refractivity contribution in [3.63, 3.8) is 0 Å². The number of amides is 1. The van der Waals surface area contributed by atoms with Crippen LogP contribution < -0.4 is 10.6 Å². The zero-order valence-corrected chi connectivity index (χ0v) is 16.3. The second-order valence-corrected chi connectivity index (χ2v) is 6.57. The number of halogens is 2. The normalized spacial score (nSPS) is 23.9. The van der Waals surface area contributed by atoms with Gasteiger partial charge in [-0.15, -0.1) is 24.8 Å². The van der Waals surface area contributed by atoms with Crippen molar-refractivity contribution >= 4 is 36.4 Å². The van der Waals surface area contributed by atoms with Crippen LogP contribution in [0.2, 0.25) is 0 Å². The second-order valence-electron chi connectivity index (χ2n) is 6.57. The maximum Gasteiger partial charge on any atom is 0.254 e. The summed E-state index contributed by atoms with van der Waals surface area (Å²) in [5.74, 6) is -0.0744. The first-order chi connectivity index (χ1) is 11.2. The van der Waals surface area contributed by atoms with Gasteiger partial charge in [0.25, 0.3) is 5.91 Å². The van der Waals surface area contributed by atoms with Crippen molar-refractivity contribution in [3.8, 4) is 0 Å². The fourth-order valence-electron chi connectivity index (χ4n) is 3.28. The molecule has 0 saturated carbocycles. The van der Waals surface area contributed by atoms with Gasteiger partial charge in [0.05, 0.1) is 6.61 Å². The third kappa shape index (κ3) is 6.42. The minimum Gasteiger partial charge on any atom is -0.366 e. The number of carbonyl (C=O) groups is 1. The first-order valence-electron chi connectivity index (χ1n) is 8.68. The molecule has 2 atom stereocenters. The van der Waals surface area contributed by atoms with Gasteiger partial charge in [0.2, 0.25) is 0 Å². The summed E-state index contributed by atoms with van der Waals surface area (Å²) in [6, 6.07) is 8.85. The molecule has 25 heavy (non-hydrogen) atoms. The number of anilines is 1. The Morgan fingerprint density at radius 1 is 1.28 bits per heavy atom. The van der Waals surface area contributed by atoms with Crippen LogP contribution in [-0.4, -0.2) is 49.2 Å². The van der Waals surface area contributed by atoms with Crippen molar-refractivity contribution in [3.05, 3.63) is 29.8 Å². The summed E-state index contributed by atoms with van der Waals surface area (Å²) in [4.78, 5) is 14.7. The highest BCUT2D eigenvalue weighted by Gasteiger charge is 2.22. The predicted molar refractivity (Wildman–Crippen MR) is 106 cm³/mol. The highest BCUT2D eigenvalue weighted by molar-refractivity contribution is 5.94. The molecule has 0 bridgehead atoms. The Morgan fingerprint density at radius 3 is 2.68 bits per heavy atom. The van der Waals surface area contributed by atoms with Gasteiger partial charge in [-0.25, -0.2) is 0 Å². The lowest BCUT2D eigenvalue weighted by atomic mass is 10.0. The van der Waals surface area contributed by atoms with Crippen LogP contribution in [0.3, 0.4) is 0 Å². The van der Waals surface area contributed by atoms with Crippen LogP contribution in [0.5, 0.6) is 0 Å². The van der Waals surface area contributed by atoms with E-state index >= 15 is 0 Å². The number of piperidine rings is 1. The number of nitrogens with one attached hydrogen (secondary N) is 2. The van der Waals surface area contributed by atoms with Crippen molar-refractivity contribution in [2.75, 3.05) is 31.6 Å². The zero-order valence-electron chi connectivity index (χ0n) is 14.7. The summed E-state index contributed by atoms with van der Waals surface area (Å²) in [5, 5.41) is 6.10. The molecule has 2 aliphatic rings. The number of likely N-dealkylation sites (tertiary alicyclic amines) is 1. The molecule has 1 amide bonds. The maximum absolute atomic E-state index is 12.1. The van der Waals surface area contributed by atoms with Gasteiger partial charge in [-0.2, -0.15) is 0 Å². The smallest absolute Gasteiger partial charge is 0.254 e. The quantitative estimate of drug-likeness (QED) is 0.830. The lowest BCUT2D eigenvalue weighted by molar-refractivity contribution is -0.128. The topological polar surface area (TPSA) is 53.6 Å². The van der Waals surface area contributed by atoms with Crippen molar-refractivity contribution in [1.82, 2.24) is 10.2 Å². The van der Waals surface area contributed by atoms with Gasteiger partial charge in [0, 0.05) is 31.4 Å². The molecule has 3 rings (SSSR count). The highest BCUT2D eigenvalue weighted by atomic mass is 35.5. The SMILES string of the molecule is CC1CCCCN1Cc1ccc(NC(=O)C2CNCCO2)cc1.Cl.Cl. The fourth-order valence-corrected chi connectivity index (χ4v) is 3.28.